The maximum Gasteiger partial charge on any atom is 0.123 e. The van der Waals surface area contributed by atoms with Crippen molar-refractivity contribution in [3.05, 3.63) is 119 Å². The molecule has 0 fully saturated rings. The van der Waals surface area contributed by atoms with Gasteiger partial charge in [0.05, 0.1) is 0 Å². The van der Waals surface area contributed by atoms with Gasteiger partial charge in [-0.05, 0) is 76.6 Å². The molecule has 0 saturated heterocycles. The van der Waals surface area contributed by atoms with Gasteiger partial charge in [0, 0.05) is 0 Å². The molecule has 0 unspecified atom stereocenters. The Kier molecular flexibility index (Phi) is 5.03. The maximum absolute atomic E-state index is 14.1. The zero-order valence-electron chi connectivity index (χ0n) is 15.6. The quantitative estimate of drug-likeness (QED) is 0.356. The van der Waals surface area contributed by atoms with E-state index >= 15 is 0 Å². The fourth-order valence-corrected chi connectivity index (χ4v) is 3.65. The third-order valence-electron chi connectivity index (χ3n) is 5.02. The Morgan fingerprint density at radius 1 is 0.643 bits per heavy atom. The highest BCUT2D eigenvalue weighted by atomic mass is 19.1. The van der Waals surface area contributed by atoms with E-state index in [1.807, 2.05) is 36.4 Å². The van der Waals surface area contributed by atoms with Crippen LogP contribution in [0.25, 0.3) is 22.3 Å². The van der Waals surface area contributed by atoms with Gasteiger partial charge in [0.2, 0.25) is 0 Å². The van der Waals surface area contributed by atoms with Gasteiger partial charge in [-0.25, -0.2) is 8.78 Å². The molecule has 28 heavy (non-hydrogen) atoms. The average molecular weight is 370 g/mol. The lowest BCUT2D eigenvalue weighted by Crippen LogP contribution is -1.99. The van der Waals surface area contributed by atoms with Gasteiger partial charge < -0.3 is 0 Å². The molecular formula is C26H20F2. The van der Waals surface area contributed by atoms with Crippen molar-refractivity contribution in [1.82, 2.24) is 0 Å². The zero-order valence-corrected chi connectivity index (χ0v) is 15.6. The van der Waals surface area contributed by atoms with E-state index in [1.165, 1.54) is 23.8 Å². The minimum atomic E-state index is -0.284. The van der Waals surface area contributed by atoms with Crippen molar-refractivity contribution in [2.24, 2.45) is 0 Å². The lowest BCUT2D eigenvalue weighted by atomic mass is 9.85. The van der Waals surface area contributed by atoms with Crippen LogP contribution in [0, 0.1) is 18.6 Å². The summed E-state index contributed by atoms with van der Waals surface area (Å²) in [5.41, 5.74) is 6.87. The number of halogens is 2. The Balaban J connectivity index is 1.98. The van der Waals surface area contributed by atoms with Crippen LogP contribution in [0.1, 0.15) is 16.7 Å². The normalized spacial score (nSPS) is 10.8. The summed E-state index contributed by atoms with van der Waals surface area (Å²) in [6, 6.07) is 27.4. The molecule has 4 rings (SSSR count). The summed E-state index contributed by atoms with van der Waals surface area (Å²) < 4.78 is 28.0. The molecule has 0 atom stereocenters. The van der Waals surface area contributed by atoms with E-state index in [1.54, 1.807) is 18.2 Å². The number of aryl methyl sites for hydroxylation is 1. The molecule has 0 aromatic heterocycles. The van der Waals surface area contributed by atoms with E-state index in [-0.39, 0.29) is 11.6 Å². The number of hydrogen-bond acceptors (Lipinski definition) is 0. The third kappa shape index (κ3) is 3.72. The van der Waals surface area contributed by atoms with Gasteiger partial charge in [-0.3, -0.25) is 0 Å². The zero-order chi connectivity index (χ0) is 19.5. The first-order valence-electron chi connectivity index (χ1n) is 9.30. The van der Waals surface area contributed by atoms with Crippen molar-refractivity contribution in [2.45, 2.75) is 13.3 Å². The van der Waals surface area contributed by atoms with Crippen LogP contribution in [0.4, 0.5) is 8.78 Å². The summed E-state index contributed by atoms with van der Waals surface area (Å²) in [4.78, 5) is 0. The van der Waals surface area contributed by atoms with E-state index in [0.717, 1.165) is 39.8 Å². The van der Waals surface area contributed by atoms with Crippen LogP contribution < -0.4 is 0 Å². The summed E-state index contributed by atoms with van der Waals surface area (Å²) >= 11 is 0. The molecule has 0 aliphatic heterocycles. The molecule has 0 aliphatic rings. The first-order valence-corrected chi connectivity index (χ1v) is 9.30. The largest absolute Gasteiger partial charge is 0.207 e. The van der Waals surface area contributed by atoms with E-state index in [9.17, 15) is 8.78 Å². The van der Waals surface area contributed by atoms with Crippen molar-refractivity contribution in [1.29, 1.82) is 0 Å². The highest BCUT2D eigenvalue weighted by Gasteiger charge is 2.16. The molecule has 0 N–H and O–H groups in total. The number of benzene rings is 4. The second kappa shape index (κ2) is 7.77. The van der Waals surface area contributed by atoms with Gasteiger partial charge in [0.1, 0.15) is 11.6 Å². The maximum atomic E-state index is 14.1. The molecular weight excluding hydrogens is 350 g/mol. The molecule has 4 aromatic carbocycles. The van der Waals surface area contributed by atoms with Crippen LogP contribution in [-0.2, 0) is 6.42 Å². The summed E-state index contributed by atoms with van der Waals surface area (Å²) in [5, 5.41) is 0. The molecule has 0 amide bonds. The molecule has 138 valence electrons. The molecule has 0 nitrogen and oxygen atoms in total. The molecule has 0 aliphatic carbocycles. The first-order chi connectivity index (χ1) is 13.6. The SMILES string of the molecule is Cc1ccc(-c2cccc(F)c2)c(-c2cccc(F)c2)c1Cc1ccccc1. The second-order valence-electron chi connectivity index (χ2n) is 6.97. The first kappa shape index (κ1) is 18.1. The Bertz CT molecular complexity index is 1110. The van der Waals surface area contributed by atoms with Crippen molar-refractivity contribution in [3.63, 3.8) is 0 Å². The smallest absolute Gasteiger partial charge is 0.123 e. The fourth-order valence-electron chi connectivity index (χ4n) is 3.65. The molecule has 0 radical (unpaired) electrons. The molecule has 0 saturated carbocycles. The summed E-state index contributed by atoms with van der Waals surface area (Å²) in [6.45, 7) is 2.07. The van der Waals surface area contributed by atoms with Gasteiger partial charge in [0.25, 0.3) is 0 Å². The molecule has 4 aromatic rings. The molecule has 0 spiro atoms. The van der Waals surface area contributed by atoms with Crippen molar-refractivity contribution in [3.8, 4) is 22.3 Å². The molecule has 0 heterocycles. The lowest BCUT2D eigenvalue weighted by molar-refractivity contribution is 0.627. The van der Waals surface area contributed by atoms with Gasteiger partial charge >= 0.3 is 0 Å². The van der Waals surface area contributed by atoms with Crippen molar-refractivity contribution >= 4 is 0 Å². The van der Waals surface area contributed by atoms with Crippen molar-refractivity contribution < 1.29 is 8.78 Å². The lowest BCUT2D eigenvalue weighted by Gasteiger charge is -2.19. The number of rotatable bonds is 4. The minimum Gasteiger partial charge on any atom is -0.207 e. The van der Waals surface area contributed by atoms with Crippen LogP contribution in [0.3, 0.4) is 0 Å². The van der Waals surface area contributed by atoms with E-state index in [2.05, 4.69) is 25.1 Å². The van der Waals surface area contributed by atoms with Gasteiger partial charge in [-0.15, -0.1) is 0 Å². The van der Waals surface area contributed by atoms with E-state index in [4.69, 9.17) is 0 Å². The van der Waals surface area contributed by atoms with Crippen LogP contribution in [0.5, 0.6) is 0 Å². The van der Waals surface area contributed by atoms with Crippen LogP contribution in [0.15, 0.2) is 91.0 Å². The Hall–Kier alpha value is -3.26. The standard InChI is InChI=1S/C26H20F2/c1-18-13-14-24(20-9-5-11-22(27)16-20)26(21-10-6-12-23(28)17-21)25(18)15-19-7-3-2-4-8-19/h2-14,16-17H,15H2,1H3. The Labute approximate surface area is 164 Å². The highest BCUT2D eigenvalue weighted by molar-refractivity contribution is 5.86. The predicted octanol–water partition coefficient (Wildman–Crippen LogP) is 7.20. The number of hydrogen-bond donors (Lipinski definition) is 0. The van der Waals surface area contributed by atoms with Gasteiger partial charge in [0.15, 0.2) is 0 Å². The molecule has 0 bridgehead atoms. The summed E-state index contributed by atoms with van der Waals surface area (Å²) in [6.07, 6.45) is 0.724. The highest BCUT2D eigenvalue weighted by Crippen LogP contribution is 2.38. The van der Waals surface area contributed by atoms with E-state index in [0.29, 0.717) is 0 Å². The monoisotopic (exact) mass is 370 g/mol. The third-order valence-corrected chi connectivity index (χ3v) is 5.02. The van der Waals surface area contributed by atoms with Crippen LogP contribution in [0.2, 0.25) is 0 Å². The Morgan fingerprint density at radius 3 is 1.96 bits per heavy atom. The van der Waals surface area contributed by atoms with E-state index < -0.39 is 0 Å². The fraction of sp³-hybridized carbons (Fsp3) is 0.0769. The summed E-state index contributed by atoms with van der Waals surface area (Å²) in [7, 11) is 0. The second-order valence-corrected chi connectivity index (χ2v) is 6.97. The van der Waals surface area contributed by atoms with Crippen molar-refractivity contribution in [2.75, 3.05) is 0 Å². The van der Waals surface area contributed by atoms with Crippen LogP contribution >= 0.6 is 0 Å². The van der Waals surface area contributed by atoms with Gasteiger partial charge in [-0.1, -0.05) is 66.7 Å². The Morgan fingerprint density at radius 2 is 1.29 bits per heavy atom. The summed E-state index contributed by atoms with van der Waals surface area (Å²) in [5.74, 6) is -0.567. The van der Waals surface area contributed by atoms with Crippen LogP contribution in [-0.4, -0.2) is 0 Å². The minimum absolute atomic E-state index is 0.283. The predicted molar refractivity (Wildman–Crippen MR) is 111 cm³/mol. The van der Waals surface area contributed by atoms with Gasteiger partial charge in [-0.2, -0.15) is 0 Å². The topological polar surface area (TPSA) is 0 Å². The average Bonchev–Trinajstić information content (AvgIpc) is 2.70. The molecule has 2 heteroatoms.